The molecule has 1 aliphatic rings. The molecule has 0 aromatic carbocycles. The first-order valence-electron chi connectivity index (χ1n) is 7.28. The highest BCUT2D eigenvalue weighted by Gasteiger charge is 2.40. The molecular weight excluding hydrogens is 234 g/mol. The molecule has 106 valence electrons. The fraction of sp³-hybridized carbons (Fsp3) is 0.688. The summed E-state index contributed by atoms with van der Waals surface area (Å²) in [5.41, 5.74) is 8.04. The van der Waals surface area contributed by atoms with Crippen molar-refractivity contribution in [1.29, 1.82) is 0 Å². The molecule has 0 radical (unpaired) electrons. The molecule has 19 heavy (non-hydrogen) atoms. The van der Waals surface area contributed by atoms with Crippen LogP contribution >= 0.6 is 0 Å². The Hall–Kier alpha value is -0.930. The van der Waals surface area contributed by atoms with Gasteiger partial charge in [-0.1, -0.05) is 19.9 Å². The minimum atomic E-state index is 0.172. The summed E-state index contributed by atoms with van der Waals surface area (Å²) in [6.07, 6.45) is 8.71. The molecule has 1 fully saturated rings. The summed E-state index contributed by atoms with van der Waals surface area (Å²) in [5.74, 6) is 0. The van der Waals surface area contributed by atoms with E-state index >= 15 is 0 Å². The first kappa shape index (κ1) is 14.5. The van der Waals surface area contributed by atoms with Crippen LogP contribution < -0.4 is 5.73 Å². The van der Waals surface area contributed by atoms with E-state index < -0.39 is 0 Å². The molecule has 1 aromatic rings. The minimum Gasteiger partial charge on any atom is -0.329 e. The van der Waals surface area contributed by atoms with Gasteiger partial charge < -0.3 is 5.73 Å². The second-order valence-electron chi connectivity index (χ2n) is 6.81. The Balaban J connectivity index is 2.05. The normalized spacial score (nSPS) is 21.5. The van der Waals surface area contributed by atoms with Crippen molar-refractivity contribution in [3.8, 4) is 0 Å². The summed E-state index contributed by atoms with van der Waals surface area (Å²) in [7, 11) is 2.21. The van der Waals surface area contributed by atoms with Crippen LogP contribution in [0.15, 0.2) is 24.5 Å². The minimum absolute atomic E-state index is 0.172. The second kappa shape index (κ2) is 5.59. The van der Waals surface area contributed by atoms with E-state index in [1.807, 2.05) is 18.5 Å². The second-order valence-corrected chi connectivity index (χ2v) is 6.81. The van der Waals surface area contributed by atoms with E-state index in [4.69, 9.17) is 5.73 Å². The van der Waals surface area contributed by atoms with Gasteiger partial charge in [-0.25, -0.2) is 0 Å². The molecule has 2 N–H and O–H groups in total. The van der Waals surface area contributed by atoms with Crippen molar-refractivity contribution in [2.75, 3.05) is 13.6 Å². The number of likely N-dealkylation sites (N-methyl/N-ethyl adjacent to an activating group) is 1. The Morgan fingerprint density at radius 3 is 2.47 bits per heavy atom. The number of nitrogens with zero attached hydrogens (tertiary/aromatic N) is 2. The Morgan fingerprint density at radius 1 is 1.26 bits per heavy atom. The van der Waals surface area contributed by atoms with Crippen molar-refractivity contribution in [3.63, 3.8) is 0 Å². The summed E-state index contributed by atoms with van der Waals surface area (Å²) in [6.45, 7) is 6.43. The Labute approximate surface area is 117 Å². The van der Waals surface area contributed by atoms with Crippen molar-refractivity contribution in [2.24, 2.45) is 11.1 Å². The van der Waals surface area contributed by atoms with Gasteiger partial charge in [-0.15, -0.1) is 0 Å². The monoisotopic (exact) mass is 261 g/mol. The molecule has 1 aliphatic carbocycles. The lowest BCUT2D eigenvalue weighted by atomic mass is 9.68. The zero-order valence-corrected chi connectivity index (χ0v) is 12.5. The Morgan fingerprint density at radius 2 is 1.95 bits per heavy atom. The molecule has 0 saturated heterocycles. The molecule has 0 amide bonds. The molecule has 3 heteroatoms. The van der Waals surface area contributed by atoms with Crippen molar-refractivity contribution in [2.45, 2.75) is 51.6 Å². The van der Waals surface area contributed by atoms with Gasteiger partial charge >= 0.3 is 0 Å². The van der Waals surface area contributed by atoms with Crippen LogP contribution in [0.3, 0.4) is 0 Å². The molecule has 2 rings (SSSR count). The lowest BCUT2D eigenvalue weighted by molar-refractivity contribution is 0.0363. The summed E-state index contributed by atoms with van der Waals surface area (Å²) >= 11 is 0. The zero-order valence-electron chi connectivity index (χ0n) is 12.5. The van der Waals surface area contributed by atoms with E-state index in [2.05, 4.69) is 36.8 Å². The van der Waals surface area contributed by atoms with E-state index in [0.717, 1.165) is 13.1 Å². The van der Waals surface area contributed by atoms with E-state index in [9.17, 15) is 0 Å². The van der Waals surface area contributed by atoms with Crippen LogP contribution in [0.5, 0.6) is 0 Å². The van der Waals surface area contributed by atoms with Crippen molar-refractivity contribution < 1.29 is 0 Å². The van der Waals surface area contributed by atoms with Gasteiger partial charge in [0.15, 0.2) is 0 Å². The van der Waals surface area contributed by atoms with Crippen molar-refractivity contribution in [1.82, 2.24) is 9.88 Å². The van der Waals surface area contributed by atoms with Crippen LogP contribution in [-0.2, 0) is 6.54 Å². The average molecular weight is 261 g/mol. The van der Waals surface area contributed by atoms with Gasteiger partial charge in [0.05, 0.1) is 0 Å². The Bertz CT molecular complexity index is 390. The molecule has 0 aliphatic heterocycles. The first-order valence-corrected chi connectivity index (χ1v) is 7.28. The van der Waals surface area contributed by atoms with Crippen LogP contribution in [0, 0.1) is 5.41 Å². The molecule has 3 nitrogen and oxygen atoms in total. The van der Waals surface area contributed by atoms with Crippen molar-refractivity contribution in [3.05, 3.63) is 30.1 Å². The quantitative estimate of drug-likeness (QED) is 0.906. The third-order valence-electron chi connectivity index (χ3n) is 4.87. The zero-order chi connectivity index (χ0) is 13.9. The standard InChI is InChI=1S/C16H27N3/c1-15(2)6-8-16(13-17,9-7-15)19(3)12-14-5-4-10-18-11-14/h4-5,10-11H,6-9,12-13,17H2,1-3H3. The Kier molecular flexibility index (Phi) is 4.26. The molecule has 0 unspecified atom stereocenters. The molecule has 0 atom stereocenters. The highest BCUT2D eigenvalue weighted by Crippen LogP contribution is 2.42. The van der Waals surface area contributed by atoms with Gasteiger partial charge in [0.25, 0.3) is 0 Å². The SMILES string of the molecule is CN(Cc1cccnc1)C1(CN)CCC(C)(C)CC1. The molecular formula is C16H27N3. The molecule has 1 saturated carbocycles. The van der Waals surface area contributed by atoms with Gasteiger partial charge in [0.2, 0.25) is 0 Å². The van der Waals surface area contributed by atoms with Gasteiger partial charge in [-0.2, -0.15) is 0 Å². The van der Waals surface area contributed by atoms with Crippen LogP contribution in [0.1, 0.15) is 45.1 Å². The summed E-state index contributed by atoms with van der Waals surface area (Å²) in [4.78, 5) is 6.64. The van der Waals surface area contributed by atoms with Gasteiger partial charge in [0, 0.05) is 31.0 Å². The maximum atomic E-state index is 6.12. The maximum absolute atomic E-state index is 6.12. The largest absolute Gasteiger partial charge is 0.329 e. The van der Waals surface area contributed by atoms with E-state index in [0.29, 0.717) is 5.41 Å². The predicted octanol–water partition coefficient (Wildman–Crippen LogP) is 2.81. The predicted molar refractivity (Wildman–Crippen MR) is 79.7 cm³/mol. The third-order valence-corrected chi connectivity index (χ3v) is 4.87. The number of pyridine rings is 1. The van der Waals surface area contributed by atoms with Gasteiger partial charge in [0.1, 0.15) is 0 Å². The molecule has 0 bridgehead atoms. The van der Waals surface area contributed by atoms with Crippen LogP contribution in [0.2, 0.25) is 0 Å². The van der Waals surface area contributed by atoms with E-state index in [-0.39, 0.29) is 5.54 Å². The molecule has 1 heterocycles. The van der Waals surface area contributed by atoms with Gasteiger partial charge in [-0.3, -0.25) is 9.88 Å². The number of rotatable bonds is 4. The average Bonchev–Trinajstić information content (AvgIpc) is 2.40. The van der Waals surface area contributed by atoms with E-state index in [1.54, 1.807) is 0 Å². The molecule has 0 spiro atoms. The van der Waals surface area contributed by atoms with Crippen molar-refractivity contribution >= 4 is 0 Å². The number of nitrogens with two attached hydrogens (primary N) is 1. The van der Waals surface area contributed by atoms with Crippen LogP contribution in [0.25, 0.3) is 0 Å². The summed E-state index contributed by atoms with van der Waals surface area (Å²) < 4.78 is 0. The maximum Gasteiger partial charge on any atom is 0.0332 e. The number of hydrogen-bond acceptors (Lipinski definition) is 3. The summed E-state index contributed by atoms with van der Waals surface area (Å²) in [5, 5.41) is 0. The van der Waals surface area contributed by atoms with Crippen LogP contribution in [-0.4, -0.2) is 29.0 Å². The molecule has 1 aromatic heterocycles. The fourth-order valence-electron chi connectivity index (χ4n) is 3.07. The number of aromatic nitrogens is 1. The highest BCUT2D eigenvalue weighted by atomic mass is 15.2. The van der Waals surface area contributed by atoms with Crippen LogP contribution in [0.4, 0.5) is 0 Å². The topological polar surface area (TPSA) is 42.2 Å². The first-order chi connectivity index (χ1) is 8.97. The lowest BCUT2D eigenvalue weighted by Crippen LogP contribution is -2.54. The summed E-state index contributed by atoms with van der Waals surface area (Å²) in [6, 6.07) is 4.14. The fourth-order valence-corrected chi connectivity index (χ4v) is 3.07. The van der Waals surface area contributed by atoms with E-state index in [1.165, 1.54) is 31.2 Å². The highest BCUT2D eigenvalue weighted by molar-refractivity contribution is 5.09. The van der Waals surface area contributed by atoms with Gasteiger partial charge in [-0.05, 0) is 49.8 Å². The number of hydrogen-bond donors (Lipinski definition) is 1. The third kappa shape index (κ3) is 3.34. The lowest BCUT2D eigenvalue weighted by Gasteiger charge is -2.48. The smallest absolute Gasteiger partial charge is 0.0332 e.